The van der Waals surface area contributed by atoms with Gasteiger partial charge in [-0.05, 0) is 29.9 Å². The molecule has 21 heavy (non-hydrogen) atoms. The van der Waals surface area contributed by atoms with E-state index >= 15 is 0 Å². The van der Waals surface area contributed by atoms with Crippen LogP contribution in [-0.4, -0.2) is 10.7 Å². The van der Waals surface area contributed by atoms with Crippen molar-refractivity contribution in [1.29, 1.82) is 0 Å². The molecule has 2 rings (SSSR count). The van der Waals surface area contributed by atoms with Crippen LogP contribution < -0.4 is 5.11 Å². The van der Waals surface area contributed by atoms with Crippen molar-refractivity contribution in [3.8, 4) is 5.75 Å². The first-order valence-electron chi connectivity index (χ1n) is 6.22. The van der Waals surface area contributed by atoms with Crippen LogP contribution in [0.2, 0.25) is 0 Å². The average Bonchev–Trinajstić information content (AvgIpc) is 2.46. The standard InChI is InChI=1S/C16H13NO4/c1-11-4-2-3-5-13(11)15(18)8-6-12-7-9-16(19)14(10-12)17(20)21/h2-10,19H,1H3/p-1/b8-6+. The Morgan fingerprint density at radius 3 is 2.57 bits per heavy atom. The highest BCUT2D eigenvalue weighted by molar-refractivity contribution is 6.07. The largest absolute Gasteiger partial charge is 0.868 e. The fraction of sp³-hybridized carbons (Fsp3) is 0.0625. The van der Waals surface area contributed by atoms with Crippen LogP contribution in [0, 0.1) is 17.0 Å². The highest BCUT2D eigenvalue weighted by Crippen LogP contribution is 2.24. The van der Waals surface area contributed by atoms with E-state index in [0.717, 1.165) is 17.7 Å². The van der Waals surface area contributed by atoms with Crippen LogP contribution >= 0.6 is 0 Å². The molecule has 2 aromatic rings. The molecule has 0 heterocycles. The summed E-state index contributed by atoms with van der Waals surface area (Å²) in [5, 5.41) is 22.0. The zero-order chi connectivity index (χ0) is 15.4. The molecule has 106 valence electrons. The van der Waals surface area contributed by atoms with Crippen molar-refractivity contribution < 1.29 is 14.8 Å². The molecule has 0 aromatic heterocycles. The van der Waals surface area contributed by atoms with E-state index in [-0.39, 0.29) is 5.78 Å². The fourth-order valence-corrected chi connectivity index (χ4v) is 1.89. The van der Waals surface area contributed by atoms with Crippen molar-refractivity contribution in [2.24, 2.45) is 0 Å². The molecule has 0 saturated carbocycles. The van der Waals surface area contributed by atoms with E-state index in [0.29, 0.717) is 11.1 Å². The Morgan fingerprint density at radius 1 is 1.19 bits per heavy atom. The maximum atomic E-state index is 12.0. The number of nitrogens with zero attached hydrogens (tertiary/aromatic N) is 1. The number of carbonyl (C=O) groups is 1. The Hall–Kier alpha value is -2.95. The van der Waals surface area contributed by atoms with Gasteiger partial charge in [0, 0.05) is 11.6 Å². The third kappa shape index (κ3) is 3.33. The quantitative estimate of drug-likeness (QED) is 0.373. The zero-order valence-electron chi connectivity index (χ0n) is 11.3. The van der Waals surface area contributed by atoms with Crippen molar-refractivity contribution >= 4 is 17.5 Å². The summed E-state index contributed by atoms with van der Waals surface area (Å²) in [6.07, 6.45) is 2.80. The van der Waals surface area contributed by atoms with Crippen LogP contribution in [0.5, 0.6) is 5.75 Å². The second-order valence-corrected chi connectivity index (χ2v) is 4.50. The van der Waals surface area contributed by atoms with Crippen molar-refractivity contribution in [1.82, 2.24) is 0 Å². The van der Waals surface area contributed by atoms with Crippen LogP contribution in [0.25, 0.3) is 6.08 Å². The van der Waals surface area contributed by atoms with Crippen LogP contribution in [-0.2, 0) is 0 Å². The summed E-state index contributed by atoms with van der Waals surface area (Å²) in [5.74, 6) is -0.843. The summed E-state index contributed by atoms with van der Waals surface area (Å²) in [6.45, 7) is 1.83. The van der Waals surface area contributed by atoms with Crippen molar-refractivity contribution in [3.63, 3.8) is 0 Å². The van der Waals surface area contributed by atoms with Gasteiger partial charge in [0.05, 0.1) is 4.92 Å². The number of hydrogen-bond donors (Lipinski definition) is 0. The van der Waals surface area contributed by atoms with E-state index in [1.807, 2.05) is 19.1 Å². The predicted octanol–water partition coefficient (Wildman–Crippen LogP) is 2.87. The smallest absolute Gasteiger partial charge is 0.262 e. The minimum Gasteiger partial charge on any atom is -0.868 e. The third-order valence-electron chi connectivity index (χ3n) is 3.02. The predicted molar refractivity (Wildman–Crippen MR) is 77.1 cm³/mol. The van der Waals surface area contributed by atoms with Gasteiger partial charge in [-0.25, -0.2) is 0 Å². The molecule has 0 bridgehead atoms. The number of aryl methyl sites for hydroxylation is 1. The molecular formula is C16H12NO4-. The van der Waals surface area contributed by atoms with Gasteiger partial charge in [0.15, 0.2) is 5.78 Å². The average molecular weight is 282 g/mol. The molecule has 0 aliphatic carbocycles. The molecule has 0 atom stereocenters. The second-order valence-electron chi connectivity index (χ2n) is 4.50. The molecule has 0 spiro atoms. The maximum absolute atomic E-state index is 12.0. The van der Waals surface area contributed by atoms with E-state index in [1.54, 1.807) is 12.1 Å². The highest BCUT2D eigenvalue weighted by atomic mass is 16.6. The van der Waals surface area contributed by atoms with Gasteiger partial charge in [0.2, 0.25) is 0 Å². The van der Waals surface area contributed by atoms with Gasteiger partial charge in [0.1, 0.15) is 0 Å². The fourth-order valence-electron chi connectivity index (χ4n) is 1.89. The first-order valence-corrected chi connectivity index (χ1v) is 6.22. The Morgan fingerprint density at radius 2 is 1.90 bits per heavy atom. The number of nitro groups is 1. The molecule has 5 heteroatoms. The number of nitro benzene ring substituents is 1. The Balaban J connectivity index is 2.26. The maximum Gasteiger partial charge on any atom is 0.262 e. The van der Waals surface area contributed by atoms with E-state index in [4.69, 9.17) is 0 Å². The molecule has 0 amide bonds. The molecule has 0 saturated heterocycles. The van der Waals surface area contributed by atoms with Gasteiger partial charge in [-0.2, -0.15) is 0 Å². The molecule has 0 unspecified atom stereocenters. The lowest BCUT2D eigenvalue weighted by molar-refractivity contribution is -0.398. The van der Waals surface area contributed by atoms with E-state index < -0.39 is 16.4 Å². The van der Waals surface area contributed by atoms with Gasteiger partial charge < -0.3 is 5.11 Å². The lowest BCUT2D eigenvalue weighted by atomic mass is 10.0. The van der Waals surface area contributed by atoms with Crippen LogP contribution in [0.1, 0.15) is 21.5 Å². The number of rotatable bonds is 4. The summed E-state index contributed by atoms with van der Waals surface area (Å²) in [4.78, 5) is 22.0. The number of allylic oxidation sites excluding steroid dienone is 1. The van der Waals surface area contributed by atoms with E-state index in [2.05, 4.69) is 0 Å². The summed E-state index contributed by atoms with van der Waals surface area (Å²) in [7, 11) is 0. The summed E-state index contributed by atoms with van der Waals surface area (Å²) < 4.78 is 0. The first-order chi connectivity index (χ1) is 9.99. The molecule has 0 fully saturated rings. The monoisotopic (exact) mass is 282 g/mol. The van der Waals surface area contributed by atoms with Gasteiger partial charge in [-0.15, -0.1) is 0 Å². The third-order valence-corrected chi connectivity index (χ3v) is 3.02. The van der Waals surface area contributed by atoms with E-state index in [9.17, 15) is 20.0 Å². The van der Waals surface area contributed by atoms with Gasteiger partial charge in [-0.1, -0.05) is 42.5 Å². The molecule has 5 nitrogen and oxygen atoms in total. The minimum atomic E-state index is -0.733. The summed E-state index contributed by atoms with van der Waals surface area (Å²) in [6, 6.07) is 10.9. The van der Waals surface area contributed by atoms with Crippen LogP contribution in [0.3, 0.4) is 0 Å². The number of ketones is 1. The van der Waals surface area contributed by atoms with Gasteiger partial charge in [0.25, 0.3) is 5.69 Å². The topological polar surface area (TPSA) is 83.3 Å². The van der Waals surface area contributed by atoms with Crippen molar-refractivity contribution in [3.05, 3.63) is 75.3 Å². The molecular weight excluding hydrogens is 270 g/mol. The first kappa shape index (κ1) is 14.5. The van der Waals surface area contributed by atoms with Gasteiger partial charge >= 0.3 is 0 Å². The SMILES string of the molecule is Cc1ccccc1C(=O)/C=C/c1ccc([O-])c([N+](=O)[O-])c1. The van der Waals surface area contributed by atoms with E-state index in [1.165, 1.54) is 18.2 Å². The Labute approximate surface area is 121 Å². The lowest BCUT2D eigenvalue weighted by Crippen LogP contribution is -1.98. The number of carbonyl (C=O) groups excluding carboxylic acids is 1. The van der Waals surface area contributed by atoms with Crippen LogP contribution in [0.15, 0.2) is 48.5 Å². The van der Waals surface area contributed by atoms with Crippen molar-refractivity contribution in [2.45, 2.75) is 6.92 Å². The second kappa shape index (κ2) is 6.00. The highest BCUT2D eigenvalue weighted by Gasteiger charge is 2.08. The molecule has 2 aromatic carbocycles. The molecule has 0 aliphatic rings. The van der Waals surface area contributed by atoms with Gasteiger partial charge in [-0.3, -0.25) is 14.9 Å². The summed E-state index contributed by atoms with van der Waals surface area (Å²) >= 11 is 0. The number of hydrogen-bond acceptors (Lipinski definition) is 4. The van der Waals surface area contributed by atoms with Crippen molar-refractivity contribution in [2.75, 3.05) is 0 Å². The molecule has 0 radical (unpaired) electrons. The number of benzene rings is 2. The van der Waals surface area contributed by atoms with Crippen LogP contribution in [0.4, 0.5) is 5.69 Å². The zero-order valence-corrected chi connectivity index (χ0v) is 11.3. The lowest BCUT2D eigenvalue weighted by Gasteiger charge is -2.06. The Kier molecular flexibility index (Phi) is 4.13. The minimum absolute atomic E-state index is 0.193. The Bertz CT molecular complexity index is 735. The summed E-state index contributed by atoms with van der Waals surface area (Å²) in [5.41, 5.74) is 1.36. The molecule has 0 N–H and O–H groups in total. The molecule has 0 aliphatic heterocycles. The normalized spacial score (nSPS) is 10.7.